The van der Waals surface area contributed by atoms with Crippen molar-refractivity contribution < 1.29 is 19.1 Å². The molecule has 1 amide bonds. The number of hydrogen-bond donors (Lipinski definition) is 1. The molecule has 0 saturated carbocycles. The molecule has 0 saturated heterocycles. The molecule has 0 radical (unpaired) electrons. The number of carbonyl (C=O) groups excluding carboxylic acids is 2. The molecule has 4 rings (SSSR count). The van der Waals surface area contributed by atoms with Gasteiger partial charge in [-0.3, -0.25) is 4.79 Å². The Bertz CT molecular complexity index is 1060. The van der Waals surface area contributed by atoms with E-state index in [2.05, 4.69) is 5.32 Å². The van der Waals surface area contributed by atoms with Gasteiger partial charge in [0.15, 0.2) is 0 Å². The predicted molar refractivity (Wildman–Crippen MR) is 118 cm³/mol. The summed E-state index contributed by atoms with van der Waals surface area (Å²) < 4.78 is 11.1. The minimum absolute atomic E-state index is 0.280. The molecular formula is C24H23NO4S. The number of esters is 1. The minimum Gasteiger partial charge on any atom is -0.462 e. The lowest BCUT2D eigenvalue weighted by molar-refractivity contribution is 0.0526. The first kappa shape index (κ1) is 20.2. The normalized spacial score (nSPS) is 12.7. The van der Waals surface area contributed by atoms with Crippen LogP contribution in [0.1, 0.15) is 50.9 Å². The van der Waals surface area contributed by atoms with E-state index in [1.54, 1.807) is 31.2 Å². The van der Waals surface area contributed by atoms with E-state index in [0.29, 0.717) is 34.2 Å². The van der Waals surface area contributed by atoms with Gasteiger partial charge in [0.1, 0.15) is 16.5 Å². The fourth-order valence-corrected chi connectivity index (χ4v) is 4.85. The number of para-hydroxylation sites is 1. The van der Waals surface area contributed by atoms with E-state index in [1.165, 1.54) is 16.2 Å². The van der Waals surface area contributed by atoms with Gasteiger partial charge in [-0.2, -0.15) is 0 Å². The molecule has 0 aliphatic heterocycles. The molecule has 6 heteroatoms. The second kappa shape index (κ2) is 9.13. The molecule has 3 aromatic rings. The van der Waals surface area contributed by atoms with Gasteiger partial charge in [0, 0.05) is 10.4 Å². The highest BCUT2D eigenvalue weighted by atomic mass is 32.1. The first-order valence-corrected chi connectivity index (χ1v) is 10.9. The van der Waals surface area contributed by atoms with Crippen LogP contribution in [0.25, 0.3) is 0 Å². The summed E-state index contributed by atoms with van der Waals surface area (Å²) in [7, 11) is 0. The lowest BCUT2D eigenvalue weighted by atomic mass is 9.95. The molecule has 0 unspecified atom stereocenters. The van der Waals surface area contributed by atoms with E-state index in [4.69, 9.17) is 9.47 Å². The van der Waals surface area contributed by atoms with E-state index in [9.17, 15) is 9.59 Å². The van der Waals surface area contributed by atoms with Crippen LogP contribution >= 0.6 is 11.3 Å². The zero-order chi connectivity index (χ0) is 20.9. The molecule has 0 atom stereocenters. The Morgan fingerprint density at radius 3 is 2.57 bits per heavy atom. The maximum Gasteiger partial charge on any atom is 0.341 e. The second-order valence-electron chi connectivity index (χ2n) is 7.03. The van der Waals surface area contributed by atoms with Crippen molar-refractivity contribution in [3.8, 4) is 11.5 Å². The van der Waals surface area contributed by atoms with Crippen molar-refractivity contribution in [1.29, 1.82) is 0 Å². The third kappa shape index (κ3) is 4.39. The molecule has 0 bridgehead atoms. The van der Waals surface area contributed by atoms with E-state index in [1.807, 2.05) is 30.3 Å². The second-order valence-corrected chi connectivity index (χ2v) is 8.14. The molecule has 0 fully saturated rings. The highest BCUT2D eigenvalue weighted by Crippen LogP contribution is 2.39. The maximum absolute atomic E-state index is 13.0. The average Bonchev–Trinajstić information content (AvgIpc) is 3.12. The summed E-state index contributed by atoms with van der Waals surface area (Å²) in [4.78, 5) is 26.7. The molecular weight excluding hydrogens is 398 g/mol. The zero-order valence-corrected chi connectivity index (χ0v) is 17.6. The number of aryl methyl sites for hydroxylation is 1. The van der Waals surface area contributed by atoms with Crippen molar-refractivity contribution >= 4 is 28.2 Å². The summed E-state index contributed by atoms with van der Waals surface area (Å²) >= 11 is 1.48. The largest absolute Gasteiger partial charge is 0.462 e. The van der Waals surface area contributed by atoms with Gasteiger partial charge in [-0.25, -0.2) is 4.79 Å². The number of hydrogen-bond acceptors (Lipinski definition) is 5. The third-order valence-electron chi connectivity index (χ3n) is 4.95. The topological polar surface area (TPSA) is 64.6 Å². The van der Waals surface area contributed by atoms with Crippen LogP contribution in [-0.2, 0) is 17.6 Å². The Morgan fingerprint density at radius 1 is 1.00 bits per heavy atom. The van der Waals surface area contributed by atoms with Gasteiger partial charge in [0.2, 0.25) is 0 Å². The molecule has 1 heterocycles. The first-order valence-electron chi connectivity index (χ1n) is 10.1. The Balaban J connectivity index is 1.57. The van der Waals surface area contributed by atoms with Crippen molar-refractivity contribution in [3.63, 3.8) is 0 Å². The van der Waals surface area contributed by atoms with Crippen molar-refractivity contribution in [1.82, 2.24) is 0 Å². The molecule has 1 N–H and O–H groups in total. The number of nitrogens with one attached hydrogen (secondary N) is 1. The van der Waals surface area contributed by atoms with Crippen LogP contribution in [0.2, 0.25) is 0 Å². The Kier molecular flexibility index (Phi) is 6.14. The van der Waals surface area contributed by atoms with Crippen molar-refractivity contribution in [3.05, 3.63) is 76.2 Å². The molecule has 2 aromatic carbocycles. The van der Waals surface area contributed by atoms with Crippen LogP contribution in [-0.4, -0.2) is 18.5 Å². The van der Waals surface area contributed by atoms with Crippen LogP contribution in [0, 0.1) is 0 Å². The lowest BCUT2D eigenvalue weighted by Crippen LogP contribution is -2.15. The van der Waals surface area contributed by atoms with E-state index >= 15 is 0 Å². The van der Waals surface area contributed by atoms with Gasteiger partial charge in [-0.1, -0.05) is 24.3 Å². The highest BCUT2D eigenvalue weighted by molar-refractivity contribution is 7.17. The third-order valence-corrected chi connectivity index (χ3v) is 6.16. The van der Waals surface area contributed by atoms with E-state index in [-0.39, 0.29) is 11.9 Å². The fraction of sp³-hybridized carbons (Fsp3) is 0.250. The smallest absolute Gasteiger partial charge is 0.341 e. The first-order chi connectivity index (χ1) is 14.7. The van der Waals surface area contributed by atoms with Gasteiger partial charge in [-0.15, -0.1) is 11.3 Å². The van der Waals surface area contributed by atoms with E-state index in [0.717, 1.165) is 31.2 Å². The van der Waals surface area contributed by atoms with Gasteiger partial charge in [-0.05, 0) is 68.5 Å². The number of amides is 1. The van der Waals surface area contributed by atoms with Crippen LogP contribution in [0.15, 0.2) is 54.6 Å². The quantitative estimate of drug-likeness (QED) is 0.507. The van der Waals surface area contributed by atoms with Gasteiger partial charge >= 0.3 is 5.97 Å². The van der Waals surface area contributed by atoms with Crippen molar-refractivity contribution in [2.45, 2.75) is 32.6 Å². The summed E-state index contributed by atoms with van der Waals surface area (Å²) in [6.07, 6.45) is 3.92. The van der Waals surface area contributed by atoms with Crippen LogP contribution in [0.4, 0.5) is 5.00 Å². The Morgan fingerprint density at radius 2 is 1.77 bits per heavy atom. The number of thiophene rings is 1. The van der Waals surface area contributed by atoms with Gasteiger partial charge < -0.3 is 14.8 Å². The summed E-state index contributed by atoms with van der Waals surface area (Å²) in [5, 5.41) is 3.51. The number of carbonyl (C=O) groups is 2. The highest BCUT2D eigenvalue weighted by Gasteiger charge is 2.27. The molecule has 1 aliphatic carbocycles. The SMILES string of the molecule is CCOC(=O)c1c(NC(=O)c2cccc(Oc3ccccc3)c2)sc2c1CCCC2. The molecule has 5 nitrogen and oxygen atoms in total. The molecule has 0 spiro atoms. The molecule has 154 valence electrons. The van der Waals surface area contributed by atoms with Crippen molar-refractivity contribution in [2.75, 3.05) is 11.9 Å². The summed E-state index contributed by atoms with van der Waals surface area (Å²) in [6.45, 7) is 2.09. The standard InChI is InChI=1S/C24H23NO4S/c1-2-28-24(27)21-19-13-6-7-14-20(19)30-23(21)25-22(26)16-9-8-12-18(15-16)29-17-10-4-3-5-11-17/h3-5,8-12,15H,2,6-7,13-14H2,1H3,(H,25,26). The number of anilines is 1. The number of ether oxygens (including phenoxy) is 2. The van der Waals surface area contributed by atoms with Gasteiger partial charge in [0.25, 0.3) is 5.91 Å². The minimum atomic E-state index is -0.367. The van der Waals surface area contributed by atoms with Crippen LogP contribution < -0.4 is 10.1 Å². The molecule has 30 heavy (non-hydrogen) atoms. The Hall–Kier alpha value is -3.12. The van der Waals surface area contributed by atoms with Gasteiger partial charge in [0.05, 0.1) is 12.2 Å². The number of fused-ring (bicyclic) bond motifs is 1. The van der Waals surface area contributed by atoms with E-state index < -0.39 is 0 Å². The Labute approximate surface area is 179 Å². The van der Waals surface area contributed by atoms with Crippen LogP contribution in [0.3, 0.4) is 0 Å². The van der Waals surface area contributed by atoms with Crippen LogP contribution in [0.5, 0.6) is 11.5 Å². The van der Waals surface area contributed by atoms with Crippen molar-refractivity contribution in [2.24, 2.45) is 0 Å². The monoisotopic (exact) mass is 421 g/mol. The number of rotatable bonds is 6. The summed E-state index contributed by atoms with van der Waals surface area (Å²) in [5.74, 6) is 0.626. The average molecular weight is 422 g/mol. The summed E-state index contributed by atoms with van der Waals surface area (Å²) in [6, 6.07) is 16.4. The molecule has 1 aromatic heterocycles. The lowest BCUT2D eigenvalue weighted by Gasteiger charge is -2.12. The maximum atomic E-state index is 13.0. The molecule has 1 aliphatic rings. The fourth-order valence-electron chi connectivity index (χ4n) is 3.57. The zero-order valence-electron chi connectivity index (χ0n) is 16.8. The predicted octanol–water partition coefficient (Wildman–Crippen LogP) is 5.85. The summed E-state index contributed by atoms with van der Waals surface area (Å²) in [5.41, 5.74) is 2.01. The number of benzene rings is 2.